The summed E-state index contributed by atoms with van der Waals surface area (Å²) in [6.07, 6.45) is 5.73. The molecule has 2 fully saturated rings. The molecular formula is C19H21N5O2S. The van der Waals surface area contributed by atoms with Gasteiger partial charge in [0.15, 0.2) is 10.9 Å². The molecule has 140 valence electrons. The predicted octanol–water partition coefficient (Wildman–Crippen LogP) is 2.68. The molecule has 0 amide bonds. The lowest BCUT2D eigenvalue weighted by Crippen LogP contribution is -2.43. The summed E-state index contributed by atoms with van der Waals surface area (Å²) in [5.41, 5.74) is 1.04. The van der Waals surface area contributed by atoms with Crippen molar-refractivity contribution in [3.05, 3.63) is 36.7 Å². The zero-order chi connectivity index (χ0) is 18.2. The highest BCUT2D eigenvalue weighted by molar-refractivity contribution is 7.22. The number of nitrogens with zero attached hydrogens (tertiary/aromatic N) is 4. The van der Waals surface area contributed by atoms with Gasteiger partial charge in [-0.2, -0.15) is 0 Å². The van der Waals surface area contributed by atoms with Crippen molar-refractivity contribution in [2.24, 2.45) is 0 Å². The highest BCUT2D eigenvalue weighted by Gasteiger charge is 2.33. The molecule has 2 N–H and O–H groups in total. The fourth-order valence-electron chi connectivity index (χ4n) is 3.60. The van der Waals surface area contributed by atoms with Gasteiger partial charge in [0.2, 0.25) is 0 Å². The van der Waals surface area contributed by atoms with Gasteiger partial charge >= 0.3 is 0 Å². The minimum Gasteiger partial charge on any atom is -0.472 e. The van der Waals surface area contributed by atoms with Gasteiger partial charge in [-0.25, -0.2) is 15.0 Å². The van der Waals surface area contributed by atoms with Crippen LogP contribution in [0.2, 0.25) is 0 Å². The molecule has 3 heterocycles. The molecule has 0 spiro atoms. The Morgan fingerprint density at radius 2 is 2.04 bits per heavy atom. The first-order valence-corrected chi connectivity index (χ1v) is 10.1. The van der Waals surface area contributed by atoms with E-state index in [2.05, 4.69) is 26.3 Å². The van der Waals surface area contributed by atoms with Gasteiger partial charge < -0.3 is 20.1 Å². The molecule has 1 atom stereocenters. The highest BCUT2D eigenvalue weighted by atomic mass is 32.1. The lowest BCUT2D eigenvalue weighted by Gasteiger charge is -2.35. The van der Waals surface area contributed by atoms with Crippen molar-refractivity contribution in [1.29, 1.82) is 0 Å². The number of aliphatic hydroxyl groups excluding tert-OH is 1. The molecule has 27 heavy (non-hydrogen) atoms. The van der Waals surface area contributed by atoms with E-state index in [0.29, 0.717) is 18.5 Å². The lowest BCUT2D eigenvalue weighted by atomic mass is 9.89. The summed E-state index contributed by atoms with van der Waals surface area (Å²) in [4.78, 5) is 15.5. The molecular weight excluding hydrogens is 362 g/mol. The number of nitrogens with one attached hydrogen (secondary N) is 1. The summed E-state index contributed by atoms with van der Waals surface area (Å²) < 4.78 is 7.30. The topological polar surface area (TPSA) is 83.4 Å². The van der Waals surface area contributed by atoms with Crippen LogP contribution in [-0.4, -0.2) is 51.4 Å². The van der Waals surface area contributed by atoms with Crippen LogP contribution in [0.25, 0.3) is 10.2 Å². The second-order valence-electron chi connectivity index (χ2n) is 7.11. The number of hydrogen-bond donors (Lipinski definition) is 2. The third-order valence-electron chi connectivity index (χ3n) is 5.10. The summed E-state index contributed by atoms with van der Waals surface area (Å²) in [7, 11) is 0. The number of thiazole rings is 1. The molecule has 2 aliphatic rings. The molecule has 0 unspecified atom stereocenters. The first-order valence-electron chi connectivity index (χ1n) is 9.27. The van der Waals surface area contributed by atoms with Crippen LogP contribution >= 0.6 is 11.3 Å². The maximum absolute atomic E-state index is 9.77. The number of fused-ring (bicyclic) bond motifs is 1. The number of para-hydroxylation sites is 1. The largest absolute Gasteiger partial charge is 0.472 e. The fraction of sp³-hybridized carbons (Fsp3) is 0.421. The maximum Gasteiger partial charge on any atom is 0.257 e. The second-order valence-corrected chi connectivity index (χ2v) is 8.14. The number of aliphatic hydroxyl groups is 1. The molecule has 1 aliphatic heterocycles. The van der Waals surface area contributed by atoms with Crippen molar-refractivity contribution in [3.63, 3.8) is 0 Å². The average Bonchev–Trinajstić information content (AvgIpc) is 3.26. The number of aromatic nitrogens is 3. The smallest absolute Gasteiger partial charge is 0.257 e. The van der Waals surface area contributed by atoms with Crippen molar-refractivity contribution in [3.8, 4) is 5.88 Å². The third kappa shape index (κ3) is 3.42. The van der Waals surface area contributed by atoms with Crippen molar-refractivity contribution >= 4 is 32.5 Å². The van der Waals surface area contributed by atoms with E-state index in [1.807, 2.05) is 23.1 Å². The Hall–Kier alpha value is -2.45. The monoisotopic (exact) mass is 383 g/mol. The highest BCUT2D eigenvalue weighted by Crippen LogP contribution is 2.34. The molecule has 8 heteroatoms. The Morgan fingerprint density at radius 1 is 1.19 bits per heavy atom. The van der Waals surface area contributed by atoms with E-state index in [-0.39, 0.29) is 12.2 Å². The van der Waals surface area contributed by atoms with E-state index < -0.39 is 0 Å². The molecule has 1 aromatic carbocycles. The molecule has 1 saturated heterocycles. The molecule has 2 aromatic heterocycles. The van der Waals surface area contributed by atoms with Crippen molar-refractivity contribution in [1.82, 2.24) is 15.0 Å². The first-order chi connectivity index (χ1) is 13.2. The summed E-state index contributed by atoms with van der Waals surface area (Å²) in [5, 5.41) is 14.2. The van der Waals surface area contributed by atoms with Gasteiger partial charge in [0.1, 0.15) is 6.10 Å². The number of anilines is 2. The van der Waals surface area contributed by atoms with E-state index in [1.54, 1.807) is 23.7 Å². The lowest BCUT2D eigenvalue weighted by molar-refractivity contribution is 0.103. The van der Waals surface area contributed by atoms with E-state index in [0.717, 1.165) is 42.3 Å². The summed E-state index contributed by atoms with van der Waals surface area (Å²) in [5.74, 6) is 1.30. The van der Waals surface area contributed by atoms with Crippen LogP contribution in [0, 0.1) is 0 Å². The zero-order valence-corrected chi connectivity index (χ0v) is 15.6. The Morgan fingerprint density at radius 3 is 2.85 bits per heavy atom. The Balaban J connectivity index is 1.19. The molecule has 0 radical (unpaired) electrons. The Bertz CT molecular complexity index is 910. The minimum absolute atomic E-state index is 0.125. The van der Waals surface area contributed by atoms with Crippen LogP contribution in [0.5, 0.6) is 5.88 Å². The van der Waals surface area contributed by atoms with E-state index in [1.165, 1.54) is 4.70 Å². The molecule has 1 saturated carbocycles. The van der Waals surface area contributed by atoms with Gasteiger partial charge in [-0.15, -0.1) is 0 Å². The Kier molecular flexibility index (Phi) is 4.29. The van der Waals surface area contributed by atoms with Crippen molar-refractivity contribution in [2.45, 2.75) is 37.5 Å². The van der Waals surface area contributed by atoms with Gasteiger partial charge in [-0.3, -0.25) is 0 Å². The summed E-state index contributed by atoms with van der Waals surface area (Å²) in [6.45, 7) is 1.37. The fourth-order valence-corrected chi connectivity index (χ4v) is 4.54. The second kappa shape index (κ2) is 6.94. The van der Waals surface area contributed by atoms with E-state index in [4.69, 9.17) is 4.74 Å². The summed E-state index contributed by atoms with van der Waals surface area (Å²) >= 11 is 1.68. The zero-order valence-electron chi connectivity index (χ0n) is 14.8. The molecule has 1 aliphatic carbocycles. The molecule has 5 rings (SSSR count). The van der Waals surface area contributed by atoms with Gasteiger partial charge in [0.25, 0.3) is 5.88 Å². The summed E-state index contributed by atoms with van der Waals surface area (Å²) in [6, 6.07) is 8.54. The van der Waals surface area contributed by atoms with Crippen molar-refractivity contribution < 1.29 is 9.84 Å². The van der Waals surface area contributed by atoms with E-state index in [9.17, 15) is 5.11 Å². The number of ether oxygens (including phenoxy) is 1. The van der Waals surface area contributed by atoms with Crippen LogP contribution in [0.3, 0.4) is 0 Å². The van der Waals surface area contributed by atoms with Crippen LogP contribution in [0.1, 0.15) is 19.3 Å². The maximum atomic E-state index is 9.77. The Labute approximate surface area is 161 Å². The standard InChI is InChI=1S/C19H21N5O2S/c25-13-5-8-24(11-13)17-18(21-7-6-20-17)26-14-9-12(10-14)22-19-23-15-3-1-2-4-16(15)27-19/h1-4,6-7,12-14,25H,5,8-11H2,(H,22,23)/t12-,13-,14+/m0/s1. The van der Waals surface area contributed by atoms with Gasteiger partial charge in [-0.05, 0) is 18.6 Å². The number of β-amino-alcohol motifs (C(OH)–C–C–N with tert-alkyl or cyclic N) is 1. The number of benzene rings is 1. The molecule has 0 bridgehead atoms. The molecule has 3 aromatic rings. The van der Waals surface area contributed by atoms with Gasteiger partial charge in [0, 0.05) is 44.4 Å². The normalized spacial score (nSPS) is 24.8. The number of rotatable bonds is 5. The SMILES string of the molecule is O[C@H]1CCN(c2nccnc2O[C@H]2C[C@@H](Nc3nc4ccccc4s3)C2)C1. The third-order valence-corrected chi connectivity index (χ3v) is 6.07. The predicted molar refractivity (Wildman–Crippen MR) is 106 cm³/mol. The average molecular weight is 383 g/mol. The van der Waals surface area contributed by atoms with Crippen molar-refractivity contribution in [2.75, 3.05) is 23.3 Å². The van der Waals surface area contributed by atoms with Crippen LogP contribution < -0.4 is 15.0 Å². The first kappa shape index (κ1) is 16.7. The van der Waals surface area contributed by atoms with Gasteiger partial charge in [0.05, 0.1) is 16.3 Å². The van der Waals surface area contributed by atoms with E-state index >= 15 is 0 Å². The van der Waals surface area contributed by atoms with Crippen LogP contribution in [0.15, 0.2) is 36.7 Å². The number of hydrogen-bond acceptors (Lipinski definition) is 8. The van der Waals surface area contributed by atoms with Crippen LogP contribution in [-0.2, 0) is 0 Å². The quantitative estimate of drug-likeness (QED) is 0.701. The molecule has 7 nitrogen and oxygen atoms in total. The van der Waals surface area contributed by atoms with Gasteiger partial charge in [-0.1, -0.05) is 23.5 Å². The van der Waals surface area contributed by atoms with Crippen LogP contribution in [0.4, 0.5) is 10.9 Å². The minimum atomic E-state index is -0.300.